The Bertz CT molecular complexity index is 6020. The molecule has 12 rings (SSSR count). The van der Waals surface area contributed by atoms with Crippen molar-refractivity contribution in [3.8, 4) is 55.9 Å². The van der Waals surface area contributed by atoms with Gasteiger partial charge < -0.3 is 23.1 Å². The number of rotatable bonds is 19. The third-order valence-corrected chi connectivity index (χ3v) is 20.4. The van der Waals surface area contributed by atoms with E-state index in [9.17, 15) is 62.3 Å². The van der Waals surface area contributed by atoms with Gasteiger partial charge in [0.1, 0.15) is 16.9 Å². The minimum atomic E-state index is -5.79. The molecule has 0 N–H and O–H groups in total. The van der Waals surface area contributed by atoms with Crippen molar-refractivity contribution < 1.29 is 142 Å². The van der Waals surface area contributed by atoms with Crippen LogP contribution in [0.15, 0.2) is 165 Å². The standard InChI is InChI=1S/C83H56BF26N3O8/c1-8-111-37(4)36-75(40(7)118-9-2,71-38(5)65(74(117)119-10-3)39(6)113(71)84(109)110)69-58(43-22-48(78(91,92)93)29-49(23-43)79(94,95)96)32-55(33-59(69)44-24-50(80(97,98)99)30-51(25-44)81(100,101)102)120-64(114)19-41-15-17-54(18-16-41)112-72(115)61-34-57(42-20-46(76(85,86)87)28-47(21-42)77(88,89)90)66-56-13-11-12-14-63(56)121-70-60(35-62(73(112)116)67(61)68(66)70)45-26-52(82(103,104)105)31-53(27-45)83(106,107)108/h11-18,20-35,40H,8-10,19,36H2,1-7H3/b111-37-/t40-,75?/m1/s1. The average Bonchev–Trinajstić information content (AvgIpc) is 1.61. The zero-order valence-corrected chi connectivity index (χ0v) is 63.0. The highest BCUT2D eigenvalue weighted by Gasteiger charge is 2.53. The summed E-state index contributed by atoms with van der Waals surface area (Å²) in [6.07, 6.45) is -49.5. The monoisotopic (exact) mass is 1730 g/mol. The first-order valence-electron chi connectivity index (χ1n) is 35.8. The lowest BCUT2D eigenvalue weighted by atomic mass is 9.64. The summed E-state index contributed by atoms with van der Waals surface area (Å²) in [6.45, 7) is 7.12. The number of carbonyl (C=O) groups excluding carboxylic acids is 2. The predicted molar refractivity (Wildman–Crippen MR) is 393 cm³/mol. The number of pyridine rings is 1. The van der Waals surface area contributed by atoms with E-state index in [0.29, 0.717) is 18.2 Å². The molecule has 0 radical (unpaired) electrons. The molecule has 121 heavy (non-hydrogen) atoms. The van der Waals surface area contributed by atoms with Crippen LogP contribution in [0.25, 0.3) is 93.7 Å². The van der Waals surface area contributed by atoms with Crippen LogP contribution >= 0.6 is 0 Å². The lowest BCUT2D eigenvalue weighted by molar-refractivity contribution is -0.144. The maximum Gasteiger partial charge on any atom is 0.677 e. The van der Waals surface area contributed by atoms with Gasteiger partial charge in [-0.25, -0.2) is 9.36 Å². The Balaban J connectivity index is 1.13. The number of fused-ring (bicyclic) bond motifs is 2. The van der Waals surface area contributed by atoms with Crippen molar-refractivity contribution >= 4 is 68.5 Å². The second-order valence-corrected chi connectivity index (χ2v) is 28.1. The molecule has 3 heterocycles. The van der Waals surface area contributed by atoms with Gasteiger partial charge in [-0.05, 0) is 219 Å². The van der Waals surface area contributed by atoms with Crippen molar-refractivity contribution in [2.45, 2.75) is 122 Å². The topological polar surface area (TPSA) is 131 Å². The van der Waals surface area contributed by atoms with Crippen LogP contribution in [-0.2, 0) is 75.5 Å². The van der Waals surface area contributed by atoms with Gasteiger partial charge in [0.25, 0.3) is 11.1 Å². The van der Waals surface area contributed by atoms with Crippen LogP contribution in [-0.4, -0.2) is 60.0 Å². The minimum Gasteiger partial charge on any atom is -0.462 e. The van der Waals surface area contributed by atoms with Crippen LogP contribution in [0.2, 0.25) is 0 Å². The second-order valence-electron chi connectivity index (χ2n) is 28.1. The van der Waals surface area contributed by atoms with Gasteiger partial charge in [-0.3, -0.25) is 28.0 Å². The number of hydrogen-bond donors (Lipinski definition) is 0. The molecule has 38 heteroatoms. The highest BCUT2D eigenvalue weighted by atomic mass is 19.4. The molecular formula is C83H56BF26N3O8. The number of alkyl halides is 24. The molecule has 0 aliphatic carbocycles. The number of benzene rings is 9. The van der Waals surface area contributed by atoms with Crippen molar-refractivity contribution in [2.24, 2.45) is 4.99 Å². The summed E-state index contributed by atoms with van der Waals surface area (Å²) in [5, 5.41) is -3.48. The van der Waals surface area contributed by atoms with Gasteiger partial charge in [0, 0.05) is 74.6 Å². The van der Waals surface area contributed by atoms with E-state index in [-0.39, 0.29) is 111 Å². The molecule has 0 aliphatic rings. The lowest BCUT2D eigenvalue weighted by Crippen LogP contribution is -2.46. The molecule has 0 saturated carbocycles. The van der Waals surface area contributed by atoms with E-state index in [1.807, 2.05) is 0 Å². The first kappa shape index (κ1) is 88.6. The maximum absolute atomic E-state index is 16.5. The third-order valence-electron chi connectivity index (χ3n) is 20.4. The maximum atomic E-state index is 16.5. The molecule has 2 atom stereocenters. The first-order chi connectivity index (χ1) is 56.0. The summed E-state index contributed by atoms with van der Waals surface area (Å²) in [4.78, 5) is 64.1. The van der Waals surface area contributed by atoms with Crippen LogP contribution in [0, 0.1) is 13.8 Å². The predicted octanol–water partition coefficient (Wildman–Crippen LogP) is 24.8. The molecule has 0 bridgehead atoms. The Morgan fingerprint density at radius 2 is 0.893 bits per heavy atom. The summed E-state index contributed by atoms with van der Waals surface area (Å²) in [5.41, 5.74) is -36.7. The van der Waals surface area contributed by atoms with Crippen LogP contribution in [0.4, 0.5) is 114 Å². The zero-order valence-electron chi connectivity index (χ0n) is 63.0. The molecule has 11 nitrogen and oxygen atoms in total. The Morgan fingerprint density at radius 3 is 1.29 bits per heavy atom. The number of aromatic nitrogens is 2. The van der Waals surface area contributed by atoms with Crippen LogP contribution in [0.5, 0.6) is 5.75 Å². The van der Waals surface area contributed by atoms with Crippen molar-refractivity contribution in [1.82, 2.24) is 9.05 Å². The van der Waals surface area contributed by atoms with Gasteiger partial charge in [0.05, 0.1) is 80.3 Å². The van der Waals surface area contributed by atoms with Crippen molar-refractivity contribution in [2.75, 3.05) is 19.8 Å². The summed E-state index contributed by atoms with van der Waals surface area (Å²) < 4.78 is 418. The first-order valence-corrected chi connectivity index (χ1v) is 35.8. The van der Waals surface area contributed by atoms with Crippen LogP contribution in [0.1, 0.15) is 124 Å². The summed E-state index contributed by atoms with van der Waals surface area (Å²) in [7, 11) is -3.86. The fraction of sp³-hybridized carbons (Fsp3) is 0.265. The van der Waals surface area contributed by atoms with Crippen LogP contribution < -0.4 is 15.9 Å². The van der Waals surface area contributed by atoms with Gasteiger partial charge in [-0.1, -0.05) is 30.3 Å². The molecule has 1 unspecified atom stereocenters. The Hall–Kier alpha value is -11.7. The Kier molecular flexibility index (Phi) is 23.0. The van der Waals surface area contributed by atoms with Crippen LogP contribution in [0.3, 0.4) is 0 Å². The minimum absolute atomic E-state index is 0.0385. The molecule has 12 aromatic rings. The summed E-state index contributed by atoms with van der Waals surface area (Å²) >= 11 is 0. The second kappa shape index (κ2) is 31.4. The number of hydrogen-bond acceptors (Lipinski definition) is 9. The molecule has 0 saturated heterocycles. The fourth-order valence-electron chi connectivity index (χ4n) is 15.5. The third kappa shape index (κ3) is 16.9. The highest BCUT2D eigenvalue weighted by Crippen LogP contribution is 2.57. The van der Waals surface area contributed by atoms with E-state index in [1.165, 1.54) is 45.9 Å². The smallest absolute Gasteiger partial charge is 0.462 e. The van der Waals surface area contributed by atoms with E-state index in [0.717, 1.165) is 57.2 Å². The zero-order chi connectivity index (χ0) is 89.2. The van der Waals surface area contributed by atoms with Gasteiger partial charge in [0.2, 0.25) is 0 Å². The van der Waals surface area contributed by atoms with Crippen molar-refractivity contribution in [3.05, 3.63) is 244 Å². The van der Waals surface area contributed by atoms with Gasteiger partial charge in [0.15, 0.2) is 0 Å². The average molecular weight is 1730 g/mol. The molecule has 0 aliphatic heterocycles. The highest BCUT2D eigenvalue weighted by molar-refractivity contribution is 6.41. The number of para-hydroxylation sites is 1. The normalized spacial score (nSPS) is 13.9. The van der Waals surface area contributed by atoms with E-state index >= 15 is 70.9 Å². The summed E-state index contributed by atoms with van der Waals surface area (Å²) in [5.74, 6) is -4.11. The molecule has 3 aromatic heterocycles. The Morgan fingerprint density at radius 1 is 0.488 bits per heavy atom. The number of ether oxygens (including phenoxy) is 3. The number of carbonyl (C=O) groups is 2. The number of aliphatic imine (C=N–C) groups is 1. The molecule has 0 fully saturated rings. The van der Waals surface area contributed by atoms with Gasteiger partial charge in [-0.2, -0.15) is 105 Å². The number of nitrogens with zero attached hydrogens (tertiary/aromatic N) is 3. The number of esters is 2. The number of halogens is 26. The largest absolute Gasteiger partial charge is 0.677 e. The molecule has 9 aromatic carbocycles. The molecule has 0 amide bonds. The molecule has 0 spiro atoms. The van der Waals surface area contributed by atoms with E-state index in [4.69, 9.17) is 18.6 Å². The van der Waals surface area contributed by atoms with Crippen molar-refractivity contribution in [3.63, 3.8) is 0 Å². The van der Waals surface area contributed by atoms with E-state index in [2.05, 4.69) is 4.99 Å². The van der Waals surface area contributed by atoms with Gasteiger partial charge in [-0.15, -0.1) is 0 Å². The Labute approximate surface area is 664 Å². The van der Waals surface area contributed by atoms with E-state index < -0.39 is 278 Å². The van der Waals surface area contributed by atoms with Crippen molar-refractivity contribution in [1.29, 1.82) is 0 Å². The summed E-state index contributed by atoms with van der Waals surface area (Å²) in [6, 6.07) is 10.6. The van der Waals surface area contributed by atoms with E-state index in [1.54, 1.807) is 0 Å². The molecule has 636 valence electrons. The lowest BCUT2D eigenvalue weighted by Gasteiger charge is -2.44. The SMILES string of the molecule is CC/N=C(/C)CC(c1c(-c2cc(C(F)(F)F)cc(C(F)(F)F)c2)cc(OC(=O)Cc2ccc(-n3c(=O)c4cc(-c5cc(C(F)(F)F)cc(C(F)(F)F)c5)c5oc6ccccc6c6c(-c7cc(C(F)(F)F)cc(C(F)(F)F)c7)cc(c3=O)c4c56)cc2)cc1-c1cc(C(F)(F)F)cc(C(F)(F)F)c1)(c1c(C)c(C(=O)OCC)c(C)n1B(F)F)[C@@H](C)OCC. The quantitative estimate of drug-likeness (QED) is 0.0149. The fourth-order valence-corrected chi connectivity index (χ4v) is 15.5. The van der Waals surface area contributed by atoms with Gasteiger partial charge >= 0.3 is 68.8 Å². The molecular weight excluding hydrogens is 1670 g/mol.